The molecule has 1 fully saturated rings. The Kier molecular flexibility index (Phi) is 5.90. The van der Waals surface area contributed by atoms with Gasteiger partial charge in [0.05, 0.1) is 6.61 Å². The molecule has 0 spiro atoms. The van der Waals surface area contributed by atoms with Crippen LogP contribution in [0.3, 0.4) is 0 Å². The van der Waals surface area contributed by atoms with Gasteiger partial charge in [0.2, 0.25) is 0 Å². The second-order valence-electron chi connectivity index (χ2n) is 6.26. The summed E-state index contributed by atoms with van der Waals surface area (Å²) in [7, 11) is 0. The van der Waals surface area contributed by atoms with Crippen LogP contribution in [-0.4, -0.2) is 41.7 Å². The number of amides is 1. The second kappa shape index (κ2) is 8.53. The number of carbonyl (C=O) groups is 1. The van der Waals surface area contributed by atoms with Crippen LogP contribution in [0.1, 0.15) is 18.4 Å². The van der Waals surface area contributed by atoms with Crippen molar-refractivity contribution in [2.75, 3.05) is 25.0 Å². The molecule has 2 aromatic carbocycles. The zero-order valence-corrected chi connectivity index (χ0v) is 14.2. The van der Waals surface area contributed by atoms with E-state index in [0.29, 0.717) is 11.8 Å². The van der Waals surface area contributed by atoms with Gasteiger partial charge < -0.3 is 20.1 Å². The summed E-state index contributed by atoms with van der Waals surface area (Å²) in [5.74, 6) is 0.663. The fraction of sp³-hybridized carbons (Fsp3) is 0.350. The van der Waals surface area contributed by atoms with Gasteiger partial charge in [0.15, 0.2) is 6.61 Å². The molecule has 0 unspecified atom stereocenters. The molecule has 0 atom stereocenters. The Morgan fingerprint density at radius 1 is 1.08 bits per heavy atom. The first kappa shape index (κ1) is 17.3. The molecule has 5 nitrogen and oxygen atoms in total. The highest BCUT2D eigenvalue weighted by atomic mass is 16.5. The van der Waals surface area contributed by atoms with Crippen molar-refractivity contribution in [2.45, 2.75) is 25.5 Å². The first-order valence-electron chi connectivity index (χ1n) is 8.66. The van der Waals surface area contributed by atoms with Crippen LogP contribution in [0.2, 0.25) is 0 Å². The lowest BCUT2D eigenvalue weighted by Crippen LogP contribution is -2.44. The first-order valence-corrected chi connectivity index (χ1v) is 8.66. The highest BCUT2D eigenvalue weighted by Crippen LogP contribution is 2.17. The average Bonchev–Trinajstić information content (AvgIpc) is 2.68. The summed E-state index contributed by atoms with van der Waals surface area (Å²) >= 11 is 0. The molecule has 0 saturated carbocycles. The molecule has 1 amide bonds. The highest BCUT2D eigenvalue weighted by molar-refractivity contribution is 5.77. The minimum Gasteiger partial charge on any atom is -0.484 e. The van der Waals surface area contributed by atoms with E-state index in [0.717, 1.165) is 37.2 Å². The maximum Gasteiger partial charge on any atom is 0.260 e. The maximum atomic E-state index is 12.3. The van der Waals surface area contributed by atoms with Crippen LogP contribution in [0, 0.1) is 0 Å². The van der Waals surface area contributed by atoms with Crippen molar-refractivity contribution in [3.05, 3.63) is 60.2 Å². The van der Waals surface area contributed by atoms with E-state index in [2.05, 4.69) is 17.4 Å². The molecule has 1 aliphatic heterocycles. The predicted octanol–water partition coefficient (Wildman–Crippen LogP) is 2.66. The molecule has 2 N–H and O–H groups in total. The van der Waals surface area contributed by atoms with Crippen LogP contribution in [0.25, 0.3) is 0 Å². The Bertz CT molecular complexity index is 665. The summed E-state index contributed by atoms with van der Waals surface area (Å²) in [5, 5.41) is 12.5. The molecule has 1 heterocycles. The van der Waals surface area contributed by atoms with Crippen LogP contribution in [0.15, 0.2) is 54.6 Å². The van der Waals surface area contributed by atoms with E-state index in [4.69, 9.17) is 9.84 Å². The number of anilines is 1. The number of nitrogens with one attached hydrogen (secondary N) is 1. The van der Waals surface area contributed by atoms with E-state index in [1.165, 1.54) is 0 Å². The lowest BCUT2D eigenvalue weighted by atomic mass is 10.0. The monoisotopic (exact) mass is 340 g/mol. The van der Waals surface area contributed by atoms with Gasteiger partial charge in [0, 0.05) is 24.8 Å². The molecule has 0 aromatic heterocycles. The minimum atomic E-state index is 0.00513. The number of piperidine rings is 1. The lowest BCUT2D eigenvalue weighted by molar-refractivity contribution is -0.134. The van der Waals surface area contributed by atoms with E-state index >= 15 is 0 Å². The zero-order chi connectivity index (χ0) is 17.5. The average molecular weight is 340 g/mol. The number of ether oxygens (including phenoxy) is 1. The van der Waals surface area contributed by atoms with Crippen LogP contribution in [0.4, 0.5) is 5.69 Å². The number of aliphatic hydroxyl groups excluding tert-OH is 1. The van der Waals surface area contributed by atoms with Gasteiger partial charge in [0.25, 0.3) is 5.91 Å². The van der Waals surface area contributed by atoms with Crippen LogP contribution in [-0.2, 0) is 11.4 Å². The van der Waals surface area contributed by atoms with Crippen molar-refractivity contribution in [1.29, 1.82) is 0 Å². The number of aliphatic hydroxyl groups is 1. The summed E-state index contributed by atoms with van der Waals surface area (Å²) in [6.45, 7) is 1.55. The van der Waals surface area contributed by atoms with Crippen molar-refractivity contribution >= 4 is 11.6 Å². The molecular formula is C20H24N2O3. The highest BCUT2D eigenvalue weighted by Gasteiger charge is 2.22. The molecule has 0 aliphatic carbocycles. The quantitative estimate of drug-likeness (QED) is 0.849. The minimum absolute atomic E-state index is 0.00513. The third-order valence-electron chi connectivity index (χ3n) is 4.46. The third kappa shape index (κ3) is 4.97. The molecule has 5 heteroatoms. The molecule has 25 heavy (non-hydrogen) atoms. The number of rotatable bonds is 6. The van der Waals surface area contributed by atoms with Crippen molar-refractivity contribution in [1.82, 2.24) is 4.90 Å². The van der Waals surface area contributed by atoms with Gasteiger partial charge in [0.1, 0.15) is 5.75 Å². The summed E-state index contributed by atoms with van der Waals surface area (Å²) in [5.41, 5.74) is 1.95. The van der Waals surface area contributed by atoms with E-state index in [1.807, 2.05) is 23.1 Å². The summed E-state index contributed by atoms with van der Waals surface area (Å²) in [6, 6.07) is 17.7. The Balaban J connectivity index is 1.41. The molecule has 2 aromatic rings. The largest absolute Gasteiger partial charge is 0.484 e. The predicted molar refractivity (Wildman–Crippen MR) is 97.5 cm³/mol. The van der Waals surface area contributed by atoms with Gasteiger partial charge in [-0.2, -0.15) is 0 Å². The van der Waals surface area contributed by atoms with E-state index in [9.17, 15) is 4.79 Å². The number of likely N-dealkylation sites (tertiary alicyclic amines) is 1. The van der Waals surface area contributed by atoms with Crippen molar-refractivity contribution < 1.29 is 14.6 Å². The van der Waals surface area contributed by atoms with Crippen LogP contribution in [0.5, 0.6) is 5.75 Å². The number of carbonyl (C=O) groups excluding carboxylic acids is 1. The van der Waals surface area contributed by atoms with Gasteiger partial charge in [-0.25, -0.2) is 0 Å². The van der Waals surface area contributed by atoms with Crippen molar-refractivity contribution in [3.8, 4) is 5.75 Å². The maximum absolute atomic E-state index is 12.3. The standard InChI is InChI=1S/C20H24N2O3/c23-14-16-6-8-19(9-7-16)25-15-20(24)22-12-10-18(11-13-22)21-17-4-2-1-3-5-17/h1-9,18,21,23H,10-15H2. The number of benzene rings is 2. The lowest BCUT2D eigenvalue weighted by Gasteiger charge is -2.32. The normalized spacial score (nSPS) is 15.0. The van der Waals surface area contributed by atoms with Crippen LogP contribution < -0.4 is 10.1 Å². The number of para-hydroxylation sites is 1. The van der Waals surface area contributed by atoms with Gasteiger partial charge >= 0.3 is 0 Å². The molecule has 3 rings (SSSR count). The molecule has 1 aliphatic rings. The fourth-order valence-corrected chi connectivity index (χ4v) is 2.97. The van der Waals surface area contributed by atoms with Crippen molar-refractivity contribution in [2.24, 2.45) is 0 Å². The zero-order valence-electron chi connectivity index (χ0n) is 14.2. The van der Waals surface area contributed by atoms with Gasteiger partial charge in [-0.05, 0) is 42.7 Å². The van der Waals surface area contributed by atoms with E-state index < -0.39 is 0 Å². The number of nitrogens with zero attached hydrogens (tertiary/aromatic N) is 1. The first-order chi connectivity index (χ1) is 12.2. The Hall–Kier alpha value is -2.53. The Morgan fingerprint density at radius 3 is 2.40 bits per heavy atom. The fourth-order valence-electron chi connectivity index (χ4n) is 2.97. The van der Waals surface area contributed by atoms with Crippen LogP contribution >= 0.6 is 0 Å². The Morgan fingerprint density at radius 2 is 1.76 bits per heavy atom. The molecule has 0 bridgehead atoms. The van der Waals surface area contributed by atoms with E-state index in [1.54, 1.807) is 24.3 Å². The summed E-state index contributed by atoms with van der Waals surface area (Å²) in [4.78, 5) is 14.2. The smallest absolute Gasteiger partial charge is 0.260 e. The molecule has 132 valence electrons. The van der Waals surface area contributed by atoms with Gasteiger partial charge in [-0.1, -0.05) is 30.3 Å². The summed E-state index contributed by atoms with van der Waals surface area (Å²) < 4.78 is 5.55. The van der Waals surface area contributed by atoms with Gasteiger partial charge in [-0.15, -0.1) is 0 Å². The van der Waals surface area contributed by atoms with Crippen molar-refractivity contribution in [3.63, 3.8) is 0 Å². The molecular weight excluding hydrogens is 316 g/mol. The SMILES string of the molecule is O=C(COc1ccc(CO)cc1)N1CCC(Nc2ccccc2)CC1. The van der Waals surface area contributed by atoms with E-state index in [-0.39, 0.29) is 19.1 Å². The van der Waals surface area contributed by atoms with Gasteiger partial charge in [-0.3, -0.25) is 4.79 Å². The Labute approximate surface area is 148 Å². The topological polar surface area (TPSA) is 61.8 Å². The summed E-state index contributed by atoms with van der Waals surface area (Å²) in [6.07, 6.45) is 1.87. The second-order valence-corrected chi connectivity index (χ2v) is 6.26. The molecule has 0 radical (unpaired) electrons. The number of hydrogen-bond donors (Lipinski definition) is 2. The third-order valence-corrected chi connectivity index (χ3v) is 4.46. The molecule has 1 saturated heterocycles. The number of hydrogen-bond acceptors (Lipinski definition) is 4.